The van der Waals surface area contributed by atoms with Crippen molar-refractivity contribution in [2.75, 3.05) is 45.2 Å². The Morgan fingerprint density at radius 2 is 2.06 bits per heavy atom. The smallest absolute Gasteiger partial charge is 0.274 e. The van der Waals surface area contributed by atoms with Gasteiger partial charge in [0.1, 0.15) is 11.6 Å². The maximum absolute atomic E-state index is 10.6. The molecule has 0 spiro atoms. The minimum absolute atomic E-state index is 0.350. The Hall–Kier alpha value is -3.34. The molecule has 11 heteroatoms. The Balaban J connectivity index is 1.35. The number of ether oxygens (including phenoxy) is 1. The van der Waals surface area contributed by atoms with Crippen LogP contribution in [0.1, 0.15) is 37.1 Å². The number of hydrogen-bond acceptors (Lipinski definition) is 9. The van der Waals surface area contributed by atoms with Gasteiger partial charge in [0.2, 0.25) is 5.95 Å². The second-order valence-corrected chi connectivity index (χ2v) is 8.37. The zero-order valence-corrected chi connectivity index (χ0v) is 20.1. The average Bonchev–Trinajstić information content (AvgIpc) is 3.18. The molecule has 1 aromatic carbocycles. The number of anilines is 1. The van der Waals surface area contributed by atoms with Crippen LogP contribution in [-0.2, 0) is 20.0 Å². The highest BCUT2D eigenvalue weighted by atomic mass is 16.6. The fraction of sp³-hybridized carbons (Fsp3) is 0.565. The monoisotopic (exact) mass is 472 g/mol. The van der Waals surface area contributed by atoms with Gasteiger partial charge in [-0.3, -0.25) is 15.0 Å². The third kappa shape index (κ3) is 8.22. The van der Waals surface area contributed by atoms with E-state index in [1.165, 1.54) is 37.9 Å². The number of benzene rings is 1. The molecule has 0 radical (unpaired) electrons. The summed E-state index contributed by atoms with van der Waals surface area (Å²) < 4.78 is 7.85. The van der Waals surface area contributed by atoms with Gasteiger partial charge >= 0.3 is 0 Å². The molecular formula is C23H36N8O3. The summed E-state index contributed by atoms with van der Waals surface area (Å²) in [6.45, 7) is 5.19. The Labute approximate surface area is 200 Å². The van der Waals surface area contributed by atoms with Crippen LogP contribution in [0.3, 0.4) is 0 Å². The number of rotatable bonds is 14. The molecule has 186 valence electrons. The molecule has 1 saturated heterocycles. The second-order valence-electron chi connectivity index (χ2n) is 8.37. The lowest BCUT2D eigenvalue weighted by Gasteiger charge is -2.26. The van der Waals surface area contributed by atoms with Gasteiger partial charge in [-0.15, -0.1) is 10.2 Å². The SMILES string of the molecule is CN/C(=C\[N+](=O)[O-])NCCc1nnc(NCCCOc2cccc(CN3CCCCC3)c2)n1C. The van der Waals surface area contributed by atoms with Crippen LogP contribution in [0, 0.1) is 10.1 Å². The van der Waals surface area contributed by atoms with Crippen LogP contribution in [-0.4, -0.2) is 64.4 Å². The van der Waals surface area contributed by atoms with E-state index in [0.717, 1.165) is 30.7 Å². The van der Waals surface area contributed by atoms with Gasteiger partial charge in [0, 0.05) is 40.2 Å². The molecule has 1 fully saturated rings. The lowest BCUT2D eigenvalue weighted by Crippen LogP contribution is -2.29. The highest BCUT2D eigenvalue weighted by molar-refractivity contribution is 5.28. The molecule has 0 saturated carbocycles. The summed E-state index contributed by atoms with van der Waals surface area (Å²) >= 11 is 0. The maximum atomic E-state index is 10.6. The maximum Gasteiger partial charge on any atom is 0.274 e. The van der Waals surface area contributed by atoms with Gasteiger partial charge in [-0.05, 0) is 50.0 Å². The third-order valence-corrected chi connectivity index (χ3v) is 5.76. The van der Waals surface area contributed by atoms with Crippen molar-refractivity contribution in [3.05, 3.63) is 57.8 Å². The molecular weight excluding hydrogens is 436 g/mol. The zero-order chi connectivity index (χ0) is 24.2. The molecule has 0 atom stereocenters. The highest BCUT2D eigenvalue weighted by Gasteiger charge is 2.11. The summed E-state index contributed by atoms with van der Waals surface area (Å²) in [6.07, 6.45) is 6.26. The molecule has 0 bridgehead atoms. The van der Waals surface area contributed by atoms with Gasteiger partial charge in [0.25, 0.3) is 6.20 Å². The summed E-state index contributed by atoms with van der Waals surface area (Å²) in [4.78, 5) is 12.6. The number of hydrogen-bond donors (Lipinski definition) is 3. The zero-order valence-electron chi connectivity index (χ0n) is 20.1. The lowest BCUT2D eigenvalue weighted by molar-refractivity contribution is -0.404. The number of nitrogens with zero attached hydrogens (tertiary/aromatic N) is 5. The van der Waals surface area contributed by atoms with E-state index in [1.54, 1.807) is 7.05 Å². The summed E-state index contributed by atoms with van der Waals surface area (Å²) in [5.74, 6) is 2.74. The molecule has 1 aromatic heterocycles. The fourth-order valence-electron chi connectivity index (χ4n) is 3.92. The van der Waals surface area contributed by atoms with Crippen LogP contribution < -0.4 is 20.7 Å². The molecule has 2 heterocycles. The topological polar surface area (TPSA) is 122 Å². The predicted molar refractivity (Wildman–Crippen MR) is 131 cm³/mol. The van der Waals surface area contributed by atoms with Crippen LogP contribution >= 0.6 is 0 Å². The number of likely N-dealkylation sites (tertiary alicyclic amines) is 1. The van der Waals surface area contributed by atoms with E-state index in [-0.39, 0.29) is 0 Å². The van der Waals surface area contributed by atoms with E-state index in [4.69, 9.17) is 4.74 Å². The molecule has 1 aliphatic rings. The molecule has 3 rings (SSSR count). The number of piperidine rings is 1. The number of nitrogens with one attached hydrogen (secondary N) is 3. The minimum Gasteiger partial charge on any atom is -0.494 e. The molecule has 0 aliphatic carbocycles. The first-order valence-electron chi connectivity index (χ1n) is 11.9. The lowest BCUT2D eigenvalue weighted by atomic mass is 10.1. The van der Waals surface area contributed by atoms with E-state index in [9.17, 15) is 10.1 Å². The molecule has 34 heavy (non-hydrogen) atoms. The van der Waals surface area contributed by atoms with Crippen molar-refractivity contribution in [2.45, 2.75) is 38.6 Å². The first-order chi connectivity index (χ1) is 16.5. The van der Waals surface area contributed by atoms with Gasteiger partial charge in [0.05, 0.1) is 11.5 Å². The summed E-state index contributed by atoms with van der Waals surface area (Å²) in [5.41, 5.74) is 1.30. The first kappa shape index (κ1) is 25.3. The third-order valence-electron chi connectivity index (χ3n) is 5.76. The fourth-order valence-corrected chi connectivity index (χ4v) is 3.92. The van der Waals surface area contributed by atoms with E-state index < -0.39 is 4.92 Å². The van der Waals surface area contributed by atoms with E-state index in [2.05, 4.69) is 49.2 Å². The van der Waals surface area contributed by atoms with Crippen LogP contribution in [0.4, 0.5) is 5.95 Å². The Bertz CT molecular complexity index is 940. The van der Waals surface area contributed by atoms with Gasteiger partial charge in [-0.2, -0.15) is 0 Å². The van der Waals surface area contributed by atoms with Gasteiger partial charge in [-0.1, -0.05) is 18.6 Å². The van der Waals surface area contributed by atoms with E-state index in [0.29, 0.717) is 37.9 Å². The standard InChI is InChI=1S/C23H36N8O3/c1-24-21(18-31(32)33)25-12-10-22-27-28-23(29(22)2)26-11-7-15-34-20-9-6-8-19(16-20)17-30-13-4-3-5-14-30/h6,8-9,16,18,24-25H,3-5,7,10-15,17H2,1-2H3,(H,26,28)/b21-18+. The predicted octanol–water partition coefficient (Wildman–Crippen LogP) is 2.11. The highest BCUT2D eigenvalue weighted by Crippen LogP contribution is 2.18. The van der Waals surface area contributed by atoms with Crippen molar-refractivity contribution >= 4 is 5.95 Å². The summed E-state index contributed by atoms with van der Waals surface area (Å²) in [7, 11) is 3.52. The first-order valence-corrected chi connectivity index (χ1v) is 11.9. The van der Waals surface area contributed by atoms with Crippen molar-refractivity contribution in [1.82, 2.24) is 30.3 Å². The summed E-state index contributed by atoms with van der Waals surface area (Å²) in [5, 5.41) is 28.0. The largest absolute Gasteiger partial charge is 0.494 e. The Morgan fingerprint density at radius 3 is 2.82 bits per heavy atom. The second kappa shape index (κ2) is 13.4. The average molecular weight is 473 g/mol. The van der Waals surface area contributed by atoms with Crippen molar-refractivity contribution in [1.29, 1.82) is 0 Å². The molecule has 1 aliphatic heterocycles. The van der Waals surface area contributed by atoms with Crippen LogP contribution in [0.25, 0.3) is 0 Å². The van der Waals surface area contributed by atoms with Crippen molar-refractivity contribution in [3.8, 4) is 5.75 Å². The Kier molecular flexibility index (Phi) is 9.96. The molecule has 11 nitrogen and oxygen atoms in total. The van der Waals surface area contributed by atoms with Gasteiger partial charge in [0.15, 0.2) is 5.82 Å². The van der Waals surface area contributed by atoms with Crippen LogP contribution in [0.5, 0.6) is 5.75 Å². The summed E-state index contributed by atoms with van der Waals surface area (Å²) in [6, 6.07) is 8.39. The van der Waals surface area contributed by atoms with Gasteiger partial charge < -0.3 is 25.3 Å². The molecule has 0 unspecified atom stereocenters. The van der Waals surface area contributed by atoms with Crippen molar-refractivity contribution in [2.24, 2.45) is 7.05 Å². The normalized spacial score (nSPS) is 14.6. The quantitative estimate of drug-likeness (QED) is 0.215. The number of aromatic nitrogens is 3. The van der Waals surface area contributed by atoms with Crippen LogP contribution in [0.15, 0.2) is 36.3 Å². The van der Waals surface area contributed by atoms with Crippen LogP contribution in [0.2, 0.25) is 0 Å². The minimum atomic E-state index is -0.501. The van der Waals surface area contributed by atoms with Gasteiger partial charge in [-0.25, -0.2) is 0 Å². The molecule has 3 N–H and O–H groups in total. The van der Waals surface area contributed by atoms with E-state index in [1.807, 2.05) is 17.7 Å². The molecule has 0 amide bonds. The molecule has 2 aromatic rings. The van der Waals surface area contributed by atoms with Crippen molar-refractivity contribution < 1.29 is 9.66 Å². The Morgan fingerprint density at radius 1 is 1.24 bits per heavy atom. The van der Waals surface area contributed by atoms with E-state index >= 15 is 0 Å². The van der Waals surface area contributed by atoms with Crippen molar-refractivity contribution in [3.63, 3.8) is 0 Å². The number of nitro groups is 1.